The van der Waals surface area contributed by atoms with Crippen LogP contribution < -0.4 is 0 Å². The molecule has 2 saturated heterocycles. The van der Waals surface area contributed by atoms with Gasteiger partial charge in [0.1, 0.15) is 0 Å². The van der Waals surface area contributed by atoms with Crippen LogP contribution in [0.2, 0.25) is 0 Å². The smallest absolute Gasteiger partial charge is 0.240 e. The summed E-state index contributed by atoms with van der Waals surface area (Å²) in [6, 6.07) is 19.3. The molecule has 4 rings (SSSR count). The van der Waals surface area contributed by atoms with Gasteiger partial charge in [-0.25, -0.2) is 0 Å². The van der Waals surface area contributed by atoms with Crippen LogP contribution in [0.3, 0.4) is 0 Å². The second-order valence-corrected chi connectivity index (χ2v) is 9.38. The van der Waals surface area contributed by atoms with Gasteiger partial charge in [0.15, 0.2) is 0 Å². The molecule has 0 radical (unpaired) electrons. The van der Waals surface area contributed by atoms with E-state index in [0.29, 0.717) is 39.3 Å². The first-order chi connectivity index (χ1) is 17.0. The monoisotopic (exact) mass is 478 g/mol. The van der Waals surface area contributed by atoms with E-state index in [0.717, 1.165) is 24.0 Å². The molecular weight excluding hydrogens is 444 g/mol. The number of hydrogen-bond donors (Lipinski definition) is 0. The average molecular weight is 479 g/mol. The number of methoxy groups -OCH3 is 1. The second kappa shape index (κ2) is 11.6. The first kappa shape index (κ1) is 25.1. The van der Waals surface area contributed by atoms with E-state index in [-0.39, 0.29) is 36.7 Å². The summed E-state index contributed by atoms with van der Waals surface area (Å²) in [4.78, 5) is 43.0. The standard InChI is InChI=1S/C28H34N2O5/c1-34-18-8-15-30-26(32)20-28(27(30)33,23-11-6-3-7-12-23)19-25(31)29-16-13-24(14-17-29)35-21-22-9-4-2-5-10-22/h2-7,9-12,24H,8,13-21H2,1H3. The highest BCUT2D eigenvalue weighted by atomic mass is 16.5. The zero-order valence-corrected chi connectivity index (χ0v) is 20.4. The summed E-state index contributed by atoms with van der Waals surface area (Å²) in [6.45, 7) is 2.51. The first-order valence-corrected chi connectivity index (χ1v) is 12.4. The maximum absolute atomic E-state index is 13.6. The van der Waals surface area contributed by atoms with Crippen LogP contribution in [0.15, 0.2) is 60.7 Å². The third-order valence-corrected chi connectivity index (χ3v) is 7.04. The fourth-order valence-corrected chi connectivity index (χ4v) is 5.05. The molecule has 2 aromatic rings. The molecule has 0 bridgehead atoms. The quantitative estimate of drug-likeness (QED) is 0.387. The van der Waals surface area contributed by atoms with Crippen LogP contribution in [0, 0.1) is 0 Å². The molecular formula is C28H34N2O5. The van der Waals surface area contributed by atoms with Crippen LogP contribution in [0.1, 0.15) is 43.2 Å². The minimum absolute atomic E-state index is 0.00208. The molecule has 7 heteroatoms. The fourth-order valence-electron chi connectivity index (χ4n) is 5.05. The van der Waals surface area contributed by atoms with E-state index in [1.54, 1.807) is 7.11 Å². The van der Waals surface area contributed by atoms with Crippen LogP contribution in [0.5, 0.6) is 0 Å². The van der Waals surface area contributed by atoms with Gasteiger partial charge in [-0.3, -0.25) is 19.3 Å². The number of imide groups is 1. The van der Waals surface area contributed by atoms with Crippen LogP contribution in [0.25, 0.3) is 0 Å². The van der Waals surface area contributed by atoms with E-state index in [1.165, 1.54) is 4.90 Å². The average Bonchev–Trinajstić information content (AvgIpc) is 3.14. The summed E-state index contributed by atoms with van der Waals surface area (Å²) in [6.07, 6.45) is 2.21. The molecule has 2 fully saturated rings. The lowest BCUT2D eigenvalue weighted by Crippen LogP contribution is -2.46. The van der Waals surface area contributed by atoms with E-state index in [2.05, 4.69) is 0 Å². The van der Waals surface area contributed by atoms with Crippen molar-refractivity contribution < 1.29 is 23.9 Å². The van der Waals surface area contributed by atoms with Crippen molar-refractivity contribution in [2.75, 3.05) is 33.4 Å². The summed E-state index contributed by atoms with van der Waals surface area (Å²) in [5.74, 6) is -0.592. The van der Waals surface area contributed by atoms with Gasteiger partial charge in [-0.2, -0.15) is 0 Å². The summed E-state index contributed by atoms with van der Waals surface area (Å²) in [5, 5.41) is 0. The van der Waals surface area contributed by atoms with Crippen molar-refractivity contribution in [1.82, 2.24) is 9.80 Å². The predicted octanol–water partition coefficient (Wildman–Crippen LogP) is 3.32. The molecule has 2 aliphatic rings. The molecule has 2 aliphatic heterocycles. The molecule has 7 nitrogen and oxygen atoms in total. The van der Waals surface area contributed by atoms with Gasteiger partial charge in [0, 0.05) is 46.2 Å². The van der Waals surface area contributed by atoms with Crippen molar-refractivity contribution in [3.05, 3.63) is 71.8 Å². The minimum Gasteiger partial charge on any atom is -0.385 e. The predicted molar refractivity (Wildman–Crippen MR) is 131 cm³/mol. The normalized spacial score (nSPS) is 21.1. The van der Waals surface area contributed by atoms with Crippen molar-refractivity contribution >= 4 is 17.7 Å². The molecule has 0 saturated carbocycles. The Labute approximate surface area is 207 Å². The molecule has 0 aliphatic carbocycles. The molecule has 35 heavy (non-hydrogen) atoms. The van der Waals surface area contributed by atoms with Crippen LogP contribution in [0.4, 0.5) is 0 Å². The van der Waals surface area contributed by atoms with Gasteiger partial charge < -0.3 is 14.4 Å². The van der Waals surface area contributed by atoms with Crippen molar-refractivity contribution in [3.63, 3.8) is 0 Å². The third-order valence-electron chi connectivity index (χ3n) is 7.04. The van der Waals surface area contributed by atoms with Gasteiger partial charge >= 0.3 is 0 Å². The zero-order valence-electron chi connectivity index (χ0n) is 20.4. The van der Waals surface area contributed by atoms with Crippen molar-refractivity contribution in [1.29, 1.82) is 0 Å². The van der Waals surface area contributed by atoms with Gasteiger partial charge in [-0.1, -0.05) is 60.7 Å². The van der Waals surface area contributed by atoms with Gasteiger partial charge in [0.25, 0.3) is 0 Å². The topological polar surface area (TPSA) is 76.2 Å². The maximum atomic E-state index is 13.6. The second-order valence-electron chi connectivity index (χ2n) is 9.38. The van der Waals surface area contributed by atoms with Gasteiger partial charge in [0.05, 0.1) is 18.1 Å². The van der Waals surface area contributed by atoms with E-state index < -0.39 is 5.41 Å². The minimum atomic E-state index is -1.15. The fraction of sp³-hybridized carbons (Fsp3) is 0.464. The van der Waals surface area contributed by atoms with Gasteiger partial charge in [-0.15, -0.1) is 0 Å². The number of rotatable bonds is 10. The first-order valence-electron chi connectivity index (χ1n) is 12.4. The molecule has 3 amide bonds. The van der Waals surface area contributed by atoms with Crippen LogP contribution in [-0.2, 0) is 35.9 Å². The van der Waals surface area contributed by atoms with Crippen molar-refractivity contribution in [2.24, 2.45) is 0 Å². The number of amides is 3. The Kier molecular flexibility index (Phi) is 8.31. The highest BCUT2D eigenvalue weighted by molar-refractivity contribution is 6.10. The SMILES string of the molecule is COCCCN1C(=O)CC(CC(=O)N2CCC(OCc3ccccc3)CC2)(c2ccccc2)C1=O. The Balaban J connectivity index is 1.40. The molecule has 186 valence electrons. The Bertz CT molecular complexity index is 1000. The van der Waals surface area contributed by atoms with E-state index >= 15 is 0 Å². The number of likely N-dealkylation sites (tertiary alicyclic amines) is 2. The number of hydrogen-bond acceptors (Lipinski definition) is 5. The molecule has 2 aromatic carbocycles. The number of nitrogens with zero attached hydrogens (tertiary/aromatic N) is 2. The van der Waals surface area contributed by atoms with Crippen LogP contribution in [-0.4, -0.2) is 67.0 Å². The van der Waals surface area contributed by atoms with E-state index in [9.17, 15) is 14.4 Å². The lowest BCUT2D eigenvalue weighted by atomic mass is 9.75. The van der Waals surface area contributed by atoms with Gasteiger partial charge in [0.2, 0.25) is 17.7 Å². The Hall–Kier alpha value is -3.03. The van der Waals surface area contributed by atoms with Crippen LogP contribution >= 0.6 is 0 Å². The van der Waals surface area contributed by atoms with Crippen molar-refractivity contribution in [3.8, 4) is 0 Å². The molecule has 0 aromatic heterocycles. The molecule has 0 N–H and O–H groups in total. The highest BCUT2D eigenvalue weighted by Crippen LogP contribution is 2.40. The Morgan fingerprint density at radius 1 is 1.00 bits per heavy atom. The van der Waals surface area contributed by atoms with E-state index in [1.807, 2.05) is 65.6 Å². The largest absolute Gasteiger partial charge is 0.385 e. The summed E-state index contributed by atoms with van der Waals surface area (Å²) in [7, 11) is 1.59. The number of ether oxygens (including phenoxy) is 2. The summed E-state index contributed by atoms with van der Waals surface area (Å²) < 4.78 is 11.1. The van der Waals surface area contributed by atoms with E-state index in [4.69, 9.17) is 9.47 Å². The number of piperidine rings is 1. The lowest BCUT2D eigenvalue weighted by Gasteiger charge is -2.35. The number of carbonyl (C=O) groups excluding carboxylic acids is 3. The van der Waals surface area contributed by atoms with Crippen molar-refractivity contribution in [2.45, 2.75) is 50.2 Å². The molecule has 1 atom stereocenters. The number of carbonyl (C=O) groups is 3. The Morgan fingerprint density at radius 2 is 1.66 bits per heavy atom. The lowest BCUT2D eigenvalue weighted by molar-refractivity contribution is -0.143. The Morgan fingerprint density at radius 3 is 2.31 bits per heavy atom. The van der Waals surface area contributed by atoms with Gasteiger partial charge in [-0.05, 0) is 30.4 Å². The molecule has 1 unspecified atom stereocenters. The molecule has 0 spiro atoms. The summed E-state index contributed by atoms with van der Waals surface area (Å²) >= 11 is 0. The highest BCUT2D eigenvalue weighted by Gasteiger charge is 2.53. The molecule has 2 heterocycles. The number of benzene rings is 2. The zero-order chi connectivity index (χ0) is 24.7. The third kappa shape index (κ3) is 5.80. The summed E-state index contributed by atoms with van der Waals surface area (Å²) in [5.41, 5.74) is 0.709. The maximum Gasteiger partial charge on any atom is 0.240 e.